The number of hydrogen-bond donors (Lipinski definition) is 3. The first kappa shape index (κ1) is 18.6. The quantitative estimate of drug-likeness (QED) is 0.507. The number of hydrogen-bond acceptors (Lipinski definition) is 6. The van der Waals surface area contributed by atoms with E-state index in [9.17, 15) is 14.4 Å². The first-order chi connectivity index (χ1) is 9.10. The van der Waals surface area contributed by atoms with Crippen LogP contribution in [0.1, 0.15) is 27.7 Å². The maximum atomic E-state index is 11.8. The Morgan fingerprint density at radius 3 is 2.15 bits per heavy atom. The molecule has 0 aromatic heterocycles. The van der Waals surface area contributed by atoms with Crippen LogP contribution in [-0.4, -0.2) is 48.5 Å². The topological polar surface area (TPSA) is 93.7 Å². The van der Waals surface area contributed by atoms with Gasteiger partial charge in [0.1, 0.15) is 17.7 Å². The molecule has 0 bridgehead atoms. The molecule has 0 aromatic rings. The van der Waals surface area contributed by atoms with Gasteiger partial charge in [-0.2, -0.15) is 12.6 Å². The van der Waals surface area contributed by atoms with Gasteiger partial charge < -0.3 is 20.1 Å². The smallest absolute Gasteiger partial charge is 0.408 e. The van der Waals surface area contributed by atoms with E-state index in [2.05, 4.69) is 28.0 Å². The van der Waals surface area contributed by atoms with Crippen LogP contribution in [0.2, 0.25) is 0 Å². The van der Waals surface area contributed by atoms with Crippen molar-refractivity contribution in [2.24, 2.45) is 0 Å². The molecule has 0 saturated heterocycles. The minimum atomic E-state index is -0.862. The summed E-state index contributed by atoms with van der Waals surface area (Å²) in [6.45, 7) is 6.62. The fourth-order valence-electron chi connectivity index (χ4n) is 1.17. The zero-order chi connectivity index (χ0) is 15.9. The van der Waals surface area contributed by atoms with Gasteiger partial charge in [-0.15, -0.1) is 0 Å². The predicted octanol–water partition coefficient (Wildman–Crippen LogP) is 0.487. The zero-order valence-electron chi connectivity index (χ0n) is 12.4. The van der Waals surface area contributed by atoms with Crippen LogP contribution in [0.3, 0.4) is 0 Å². The maximum Gasteiger partial charge on any atom is 0.408 e. The highest BCUT2D eigenvalue weighted by Gasteiger charge is 2.25. The van der Waals surface area contributed by atoms with Gasteiger partial charge in [-0.3, -0.25) is 4.79 Å². The van der Waals surface area contributed by atoms with Crippen LogP contribution in [0, 0.1) is 0 Å². The fraction of sp³-hybridized carbons (Fsp3) is 0.750. The summed E-state index contributed by atoms with van der Waals surface area (Å²) >= 11 is 3.95. The molecule has 8 heteroatoms. The van der Waals surface area contributed by atoms with Gasteiger partial charge in [0, 0.05) is 5.75 Å². The second-order valence-electron chi connectivity index (χ2n) is 5.13. The van der Waals surface area contributed by atoms with Crippen molar-refractivity contribution < 1.29 is 23.9 Å². The molecule has 0 heterocycles. The normalized spacial score (nSPS) is 13.9. The van der Waals surface area contributed by atoms with Crippen molar-refractivity contribution in [3.05, 3.63) is 0 Å². The van der Waals surface area contributed by atoms with Crippen LogP contribution >= 0.6 is 12.6 Å². The van der Waals surface area contributed by atoms with Crippen molar-refractivity contribution in [3.8, 4) is 0 Å². The van der Waals surface area contributed by atoms with Gasteiger partial charge in [0.2, 0.25) is 5.91 Å². The highest BCUT2D eigenvalue weighted by atomic mass is 32.1. The number of methoxy groups -OCH3 is 1. The van der Waals surface area contributed by atoms with E-state index >= 15 is 0 Å². The van der Waals surface area contributed by atoms with E-state index in [0.29, 0.717) is 0 Å². The molecular weight excluding hydrogens is 284 g/mol. The van der Waals surface area contributed by atoms with Crippen LogP contribution in [0.15, 0.2) is 0 Å². The Balaban J connectivity index is 4.41. The van der Waals surface area contributed by atoms with Crippen LogP contribution in [0.5, 0.6) is 0 Å². The molecule has 0 aliphatic rings. The molecule has 0 saturated carbocycles. The molecule has 2 amide bonds. The molecule has 2 N–H and O–H groups in total. The Labute approximate surface area is 124 Å². The third-order valence-corrected chi connectivity index (χ3v) is 2.48. The number of thiol groups is 1. The predicted molar refractivity (Wildman–Crippen MR) is 76.6 cm³/mol. The molecule has 0 aliphatic carbocycles. The lowest BCUT2D eigenvalue weighted by Gasteiger charge is -2.22. The Morgan fingerprint density at radius 2 is 1.75 bits per heavy atom. The first-order valence-corrected chi connectivity index (χ1v) is 6.72. The maximum absolute atomic E-state index is 11.8. The average Bonchev–Trinajstić information content (AvgIpc) is 2.31. The van der Waals surface area contributed by atoms with Crippen LogP contribution in [0.25, 0.3) is 0 Å². The molecule has 0 rings (SSSR count). The molecule has 0 aromatic carbocycles. The minimum Gasteiger partial charge on any atom is -0.467 e. The second kappa shape index (κ2) is 7.98. The molecule has 2 atom stereocenters. The molecule has 0 spiro atoms. The van der Waals surface area contributed by atoms with Gasteiger partial charge in [0.25, 0.3) is 0 Å². The van der Waals surface area contributed by atoms with E-state index in [0.717, 1.165) is 0 Å². The first-order valence-electron chi connectivity index (χ1n) is 6.09. The lowest BCUT2D eigenvalue weighted by molar-refractivity contribution is -0.144. The summed E-state index contributed by atoms with van der Waals surface area (Å²) in [5.41, 5.74) is -0.653. The second-order valence-corrected chi connectivity index (χ2v) is 5.50. The number of rotatable bonds is 5. The van der Waals surface area contributed by atoms with E-state index in [4.69, 9.17) is 4.74 Å². The number of carbonyl (C=O) groups is 3. The molecule has 116 valence electrons. The van der Waals surface area contributed by atoms with Crippen LogP contribution in [-0.2, 0) is 19.1 Å². The van der Waals surface area contributed by atoms with Crippen LogP contribution in [0.4, 0.5) is 4.79 Å². The Bertz CT molecular complexity index is 367. The van der Waals surface area contributed by atoms with Crippen molar-refractivity contribution in [1.29, 1.82) is 0 Å². The minimum absolute atomic E-state index is 0.0948. The van der Waals surface area contributed by atoms with Gasteiger partial charge in [-0.05, 0) is 27.7 Å². The lowest BCUT2D eigenvalue weighted by Crippen LogP contribution is -2.51. The van der Waals surface area contributed by atoms with E-state index in [1.54, 1.807) is 20.8 Å². The number of nitrogens with one attached hydrogen (secondary N) is 2. The van der Waals surface area contributed by atoms with Crippen molar-refractivity contribution in [3.63, 3.8) is 0 Å². The zero-order valence-corrected chi connectivity index (χ0v) is 13.2. The van der Waals surface area contributed by atoms with E-state index in [-0.39, 0.29) is 5.75 Å². The Hall–Kier alpha value is -1.44. The van der Waals surface area contributed by atoms with Gasteiger partial charge in [-0.1, -0.05) is 0 Å². The number of ether oxygens (including phenoxy) is 2. The van der Waals surface area contributed by atoms with Gasteiger partial charge >= 0.3 is 12.1 Å². The number of alkyl carbamates (subject to hydrolysis) is 1. The molecular formula is C12H22N2O5S. The Kier molecular flexibility index (Phi) is 7.41. The lowest BCUT2D eigenvalue weighted by atomic mass is 10.2. The summed E-state index contributed by atoms with van der Waals surface area (Å²) in [7, 11) is 1.22. The summed E-state index contributed by atoms with van der Waals surface area (Å²) in [5.74, 6) is -1.03. The molecule has 20 heavy (non-hydrogen) atoms. The number of carbonyl (C=O) groups excluding carboxylic acids is 3. The van der Waals surface area contributed by atoms with Crippen molar-refractivity contribution >= 4 is 30.6 Å². The molecule has 7 nitrogen and oxygen atoms in total. The number of amides is 2. The number of esters is 1. The van der Waals surface area contributed by atoms with Crippen molar-refractivity contribution in [2.45, 2.75) is 45.4 Å². The summed E-state index contributed by atoms with van der Waals surface area (Å²) in [5, 5.41) is 4.80. The monoisotopic (exact) mass is 306 g/mol. The molecule has 0 fully saturated rings. The van der Waals surface area contributed by atoms with Gasteiger partial charge in [0.05, 0.1) is 7.11 Å². The third kappa shape index (κ3) is 7.22. The standard InChI is InChI=1S/C12H22N2O5S/c1-7(13-11(17)19-12(2,3)4)9(15)14-8(6-20)10(16)18-5/h7-8,20H,6H2,1-5H3,(H,13,17)(H,14,15)/t7-,8-/m0/s1. The fourth-order valence-corrected chi connectivity index (χ4v) is 1.41. The van der Waals surface area contributed by atoms with E-state index < -0.39 is 35.7 Å². The summed E-state index contributed by atoms with van der Waals surface area (Å²) in [4.78, 5) is 34.6. The van der Waals surface area contributed by atoms with Crippen molar-refractivity contribution in [1.82, 2.24) is 10.6 Å². The van der Waals surface area contributed by atoms with E-state index in [1.165, 1.54) is 14.0 Å². The van der Waals surface area contributed by atoms with Crippen molar-refractivity contribution in [2.75, 3.05) is 12.9 Å². The molecule has 0 radical (unpaired) electrons. The van der Waals surface area contributed by atoms with Crippen LogP contribution < -0.4 is 10.6 Å². The van der Waals surface area contributed by atoms with Gasteiger partial charge in [0.15, 0.2) is 0 Å². The average molecular weight is 306 g/mol. The summed E-state index contributed by atoms with van der Waals surface area (Å²) in [6, 6.07) is -1.71. The highest BCUT2D eigenvalue weighted by Crippen LogP contribution is 2.06. The van der Waals surface area contributed by atoms with Gasteiger partial charge in [-0.25, -0.2) is 9.59 Å². The SMILES string of the molecule is COC(=O)[C@H](CS)NC(=O)[C@H](C)NC(=O)OC(C)(C)C. The largest absolute Gasteiger partial charge is 0.467 e. The Morgan fingerprint density at radius 1 is 1.20 bits per heavy atom. The molecule has 0 aliphatic heterocycles. The third-order valence-electron chi connectivity index (χ3n) is 2.11. The highest BCUT2D eigenvalue weighted by molar-refractivity contribution is 7.80. The van der Waals surface area contributed by atoms with E-state index in [1.807, 2.05) is 0 Å². The summed E-state index contributed by atoms with van der Waals surface area (Å²) < 4.78 is 9.54. The molecule has 0 unspecified atom stereocenters. The summed E-state index contributed by atoms with van der Waals surface area (Å²) in [6.07, 6.45) is -0.708.